The fraction of sp³-hybridized carbons (Fsp3) is 0.938. The molecule has 19 heavy (non-hydrogen) atoms. The Bertz CT molecular complexity index is 363. The fourth-order valence-corrected chi connectivity index (χ4v) is 4.19. The Hall–Kier alpha value is -0.570. The number of ether oxygens (including phenoxy) is 2. The van der Waals surface area contributed by atoms with Crippen LogP contribution in [0, 0.1) is 17.8 Å². The molecule has 108 valence electrons. The molecule has 0 N–H and O–H groups in total. The summed E-state index contributed by atoms with van der Waals surface area (Å²) in [4.78, 5) is 11.5. The van der Waals surface area contributed by atoms with E-state index in [9.17, 15) is 4.79 Å². The third-order valence-electron chi connectivity index (χ3n) is 5.32. The molecule has 1 saturated heterocycles. The molecule has 0 aromatic carbocycles. The van der Waals surface area contributed by atoms with Crippen LogP contribution in [0.25, 0.3) is 0 Å². The van der Waals surface area contributed by atoms with Crippen molar-refractivity contribution in [1.29, 1.82) is 0 Å². The van der Waals surface area contributed by atoms with Crippen LogP contribution in [0.3, 0.4) is 0 Å². The molecule has 0 aromatic heterocycles. The van der Waals surface area contributed by atoms with Gasteiger partial charge in [-0.05, 0) is 44.4 Å². The van der Waals surface area contributed by atoms with Gasteiger partial charge >= 0.3 is 5.97 Å². The van der Waals surface area contributed by atoms with Crippen LogP contribution in [-0.4, -0.2) is 23.8 Å². The maximum absolute atomic E-state index is 11.5. The average molecular weight is 266 g/mol. The van der Waals surface area contributed by atoms with Gasteiger partial charge in [0.25, 0.3) is 0 Å². The van der Waals surface area contributed by atoms with Crippen LogP contribution in [0.15, 0.2) is 0 Å². The van der Waals surface area contributed by atoms with Crippen LogP contribution < -0.4 is 0 Å². The Morgan fingerprint density at radius 1 is 1.21 bits per heavy atom. The van der Waals surface area contributed by atoms with E-state index in [4.69, 9.17) is 9.47 Å². The Morgan fingerprint density at radius 3 is 2.58 bits per heavy atom. The van der Waals surface area contributed by atoms with Gasteiger partial charge in [0.1, 0.15) is 5.60 Å². The zero-order valence-corrected chi connectivity index (χ0v) is 12.4. The summed E-state index contributed by atoms with van der Waals surface area (Å²) >= 11 is 0. The second-order valence-corrected chi connectivity index (χ2v) is 7.19. The largest absolute Gasteiger partial charge is 0.459 e. The molecular weight excluding hydrogens is 240 g/mol. The molecule has 0 spiro atoms. The van der Waals surface area contributed by atoms with Crippen molar-refractivity contribution in [2.75, 3.05) is 0 Å². The number of hydrogen-bond donors (Lipinski definition) is 0. The maximum Gasteiger partial charge on any atom is 0.303 e. The van der Waals surface area contributed by atoms with Crippen LogP contribution in [0.4, 0.5) is 0 Å². The first-order valence-electron chi connectivity index (χ1n) is 7.83. The molecule has 2 aliphatic carbocycles. The summed E-state index contributed by atoms with van der Waals surface area (Å²) in [6, 6.07) is 0. The molecule has 0 bridgehead atoms. The highest BCUT2D eigenvalue weighted by atomic mass is 16.6. The van der Waals surface area contributed by atoms with Crippen LogP contribution >= 0.6 is 0 Å². The first kappa shape index (κ1) is 13.4. The molecule has 0 amide bonds. The molecule has 3 rings (SSSR count). The lowest BCUT2D eigenvalue weighted by molar-refractivity contribution is -0.218. The van der Waals surface area contributed by atoms with Gasteiger partial charge in [-0.15, -0.1) is 0 Å². The molecule has 5 atom stereocenters. The molecule has 3 fully saturated rings. The lowest BCUT2D eigenvalue weighted by Crippen LogP contribution is -2.56. The molecule has 0 aromatic rings. The molecule has 5 unspecified atom stereocenters. The van der Waals surface area contributed by atoms with Gasteiger partial charge in [0.15, 0.2) is 0 Å². The highest BCUT2D eigenvalue weighted by Crippen LogP contribution is 2.50. The summed E-state index contributed by atoms with van der Waals surface area (Å²) in [5.74, 6) is 1.70. The Labute approximate surface area is 116 Å². The van der Waals surface area contributed by atoms with Gasteiger partial charge in [-0.1, -0.05) is 13.3 Å². The van der Waals surface area contributed by atoms with E-state index in [2.05, 4.69) is 13.8 Å². The van der Waals surface area contributed by atoms with Crippen molar-refractivity contribution in [2.24, 2.45) is 17.8 Å². The van der Waals surface area contributed by atoms with Gasteiger partial charge in [0, 0.05) is 19.3 Å². The SMILES string of the molecule is CC(=O)OC1(C)CC(C2CC2)OC2CC(C)CCC21. The summed E-state index contributed by atoms with van der Waals surface area (Å²) in [6.07, 6.45) is 7.57. The topological polar surface area (TPSA) is 35.5 Å². The smallest absolute Gasteiger partial charge is 0.303 e. The second kappa shape index (κ2) is 4.76. The molecule has 3 aliphatic rings. The first-order chi connectivity index (χ1) is 8.98. The molecule has 1 heterocycles. The van der Waals surface area contributed by atoms with Crippen molar-refractivity contribution < 1.29 is 14.3 Å². The number of rotatable bonds is 2. The quantitative estimate of drug-likeness (QED) is 0.719. The number of hydrogen-bond acceptors (Lipinski definition) is 3. The molecule has 0 radical (unpaired) electrons. The zero-order valence-electron chi connectivity index (χ0n) is 12.4. The van der Waals surface area contributed by atoms with Crippen molar-refractivity contribution in [1.82, 2.24) is 0 Å². The first-order valence-corrected chi connectivity index (χ1v) is 7.83. The van der Waals surface area contributed by atoms with E-state index in [1.807, 2.05) is 0 Å². The maximum atomic E-state index is 11.5. The van der Waals surface area contributed by atoms with Crippen molar-refractivity contribution in [3.63, 3.8) is 0 Å². The summed E-state index contributed by atoms with van der Waals surface area (Å²) in [6.45, 7) is 5.98. The van der Waals surface area contributed by atoms with Gasteiger partial charge in [-0.25, -0.2) is 0 Å². The van der Waals surface area contributed by atoms with E-state index in [0.29, 0.717) is 24.0 Å². The summed E-state index contributed by atoms with van der Waals surface area (Å²) in [5, 5.41) is 0. The molecular formula is C16H26O3. The third kappa shape index (κ3) is 2.67. The minimum absolute atomic E-state index is 0.142. The van der Waals surface area contributed by atoms with Crippen molar-refractivity contribution in [3.05, 3.63) is 0 Å². The van der Waals surface area contributed by atoms with E-state index >= 15 is 0 Å². The molecule has 2 saturated carbocycles. The second-order valence-electron chi connectivity index (χ2n) is 7.19. The van der Waals surface area contributed by atoms with E-state index in [-0.39, 0.29) is 11.6 Å². The van der Waals surface area contributed by atoms with E-state index in [0.717, 1.165) is 25.2 Å². The van der Waals surface area contributed by atoms with Crippen LogP contribution in [0.1, 0.15) is 59.3 Å². The van der Waals surface area contributed by atoms with Crippen LogP contribution in [-0.2, 0) is 14.3 Å². The standard InChI is InChI=1S/C16H26O3/c1-10-4-7-13-14(8-10)18-15(12-5-6-12)9-16(13,3)19-11(2)17/h10,12-15H,4-9H2,1-3H3. The van der Waals surface area contributed by atoms with Crippen LogP contribution in [0.5, 0.6) is 0 Å². The average Bonchev–Trinajstić information content (AvgIpc) is 3.09. The minimum atomic E-state index is -0.303. The summed E-state index contributed by atoms with van der Waals surface area (Å²) < 4.78 is 12.1. The van der Waals surface area contributed by atoms with Crippen molar-refractivity contribution >= 4 is 5.97 Å². The van der Waals surface area contributed by atoms with E-state index in [1.54, 1.807) is 0 Å². The Morgan fingerprint density at radius 2 is 1.95 bits per heavy atom. The normalized spacial score (nSPS) is 46.5. The van der Waals surface area contributed by atoms with Gasteiger partial charge in [-0.2, -0.15) is 0 Å². The Balaban J connectivity index is 1.80. The van der Waals surface area contributed by atoms with Crippen molar-refractivity contribution in [3.8, 4) is 0 Å². The number of carbonyl (C=O) groups excluding carboxylic acids is 1. The number of fused-ring (bicyclic) bond motifs is 1. The zero-order chi connectivity index (χ0) is 13.6. The molecule has 1 aliphatic heterocycles. The van der Waals surface area contributed by atoms with Gasteiger partial charge in [0.2, 0.25) is 0 Å². The summed E-state index contributed by atoms with van der Waals surface area (Å²) in [7, 11) is 0. The molecule has 3 nitrogen and oxygen atoms in total. The van der Waals surface area contributed by atoms with Crippen LogP contribution in [0.2, 0.25) is 0 Å². The minimum Gasteiger partial charge on any atom is -0.459 e. The lowest BCUT2D eigenvalue weighted by Gasteiger charge is -2.51. The van der Waals surface area contributed by atoms with Gasteiger partial charge in [-0.3, -0.25) is 4.79 Å². The molecule has 3 heteroatoms. The number of carbonyl (C=O) groups is 1. The van der Waals surface area contributed by atoms with Crippen molar-refractivity contribution in [2.45, 2.75) is 77.1 Å². The third-order valence-corrected chi connectivity index (χ3v) is 5.32. The van der Waals surface area contributed by atoms with Gasteiger partial charge in [0.05, 0.1) is 12.2 Å². The van der Waals surface area contributed by atoms with E-state index < -0.39 is 0 Å². The lowest BCUT2D eigenvalue weighted by atomic mass is 9.68. The summed E-state index contributed by atoms with van der Waals surface area (Å²) in [5.41, 5.74) is -0.303. The Kier molecular flexibility index (Phi) is 3.36. The highest BCUT2D eigenvalue weighted by Gasteiger charge is 2.53. The number of esters is 1. The monoisotopic (exact) mass is 266 g/mol. The van der Waals surface area contributed by atoms with Gasteiger partial charge < -0.3 is 9.47 Å². The van der Waals surface area contributed by atoms with E-state index in [1.165, 1.54) is 26.2 Å². The predicted octanol–water partition coefficient (Wildman–Crippen LogP) is 3.31. The fourth-order valence-electron chi connectivity index (χ4n) is 4.19. The predicted molar refractivity (Wildman–Crippen MR) is 72.7 cm³/mol. The highest BCUT2D eigenvalue weighted by molar-refractivity contribution is 5.66.